The first kappa shape index (κ1) is 51.7. The highest BCUT2D eigenvalue weighted by atomic mass is 32.2. The first-order valence-corrected chi connectivity index (χ1v) is 27.3. The minimum Gasteiger partial charge on any atom is -0.455 e. The van der Waals surface area contributed by atoms with Crippen molar-refractivity contribution in [2.45, 2.75) is 102 Å². The molecule has 3 aliphatic rings. The summed E-state index contributed by atoms with van der Waals surface area (Å²) in [6, 6.07) is 19.5. The van der Waals surface area contributed by atoms with Crippen LogP contribution in [0.25, 0.3) is 27.7 Å². The summed E-state index contributed by atoms with van der Waals surface area (Å²) in [5, 5.41) is 38.7. The fourth-order valence-corrected chi connectivity index (χ4v) is 12.3. The molecule has 2 fully saturated rings. The third-order valence-electron chi connectivity index (χ3n) is 14.5. The maximum Gasteiger partial charge on any atom is 0.293 e. The molecule has 2 aliphatic carbocycles. The molecule has 4 heterocycles. The zero-order valence-electron chi connectivity index (χ0n) is 42.0. The van der Waals surface area contributed by atoms with Gasteiger partial charge in [0.05, 0.1) is 32.8 Å². The van der Waals surface area contributed by atoms with Crippen LogP contribution in [0.4, 0.5) is 21.5 Å². The summed E-state index contributed by atoms with van der Waals surface area (Å²) in [5.41, 5.74) is 4.38. The highest BCUT2D eigenvalue weighted by Crippen LogP contribution is 2.46. The lowest BCUT2D eigenvalue weighted by molar-refractivity contribution is -0.384. The number of sulfonamides is 1. The minimum absolute atomic E-state index is 0.0683. The number of fused-ring (bicyclic) bond motifs is 1. The summed E-state index contributed by atoms with van der Waals surface area (Å²) < 4.78 is 51.6. The summed E-state index contributed by atoms with van der Waals surface area (Å²) in [6.07, 6.45) is 9.31. The first-order chi connectivity index (χ1) is 34.6. The molecule has 0 radical (unpaired) electrons. The normalized spacial score (nSPS) is 19.8. The van der Waals surface area contributed by atoms with Gasteiger partial charge in [0.15, 0.2) is 0 Å². The number of piperazine rings is 1. The number of rotatable bonds is 16. The van der Waals surface area contributed by atoms with E-state index in [2.05, 4.69) is 49.7 Å². The number of aromatic nitrogens is 2. The number of nitro groups is 1. The number of carbonyl (C=O) groups is 1. The van der Waals surface area contributed by atoms with Gasteiger partial charge < -0.3 is 30.2 Å². The molecule has 3 aromatic carbocycles. The highest BCUT2D eigenvalue weighted by Gasteiger charge is 2.33. The second kappa shape index (κ2) is 20.6. The van der Waals surface area contributed by atoms with Gasteiger partial charge in [0.1, 0.15) is 28.7 Å². The molecule has 9 rings (SSSR count). The monoisotopic (exact) mass is 1030 g/mol. The number of hydrogen-bond acceptors (Lipinski definition) is 13. The van der Waals surface area contributed by atoms with Gasteiger partial charge in [-0.1, -0.05) is 31.6 Å². The lowest BCUT2D eigenvalue weighted by Gasteiger charge is -2.39. The van der Waals surface area contributed by atoms with E-state index in [1.807, 2.05) is 23.6 Å². The molecule has 0 bridgehead atoms. The van der Waals surface area contributed by atoms with Crippen molar-refractivity contribution in [1.29, 1.82) is 0 Å². The van der Waals surface area contributed by atoms with Gasteiger partial charge in [-0.25, -0.2) is 22.5 Å². The number of H-pyrrole nitrogens is 1. The van der Waals surface area contributed by atoms with E-state index in [4.69, 9.17) is 4.74 Å². The molecule has 6 aromatic rings. The molecule has 1 saturated carbocycles. The van der Waals surface area contributed by atoms with E-state index in [1.54, 1.807) is 56.5 Å². The first-order valence-electron chi connectivity index (χ1n) is 24.9. The number of ether oxygens (including phenoxy) is 1. The molecular formula is C55H64FN7O8S2. The minimum atomic E-state index is -4.61. The zero-order chi connectivity index (χ0) is 51.9. The van der Waals surface area contributed by atoms with E-state index >= 15 is 4.39 Å². The Hall–Kier alpha value is -6.18. The molecule has 73 heavy (non-hydrogen) atoms. The molecule has 0 unspecified atom stereocenters. The van der Waals surface area contributed by atoms with Crippen molar-refractivity contribution in [2.24, 2.45) is 11.3 Å². The van der Waals surface area contributed by atoms with Gasteiger partial charge in [0.25, 0.3) is 21.6 Å². The number of hydrogen-bond donors (Lipinski definition) is 5. The summed E-state index contributed by atoms with van der Waals surface area (Å²) in [7, 11) is -4.61. The number of amides is 1. The molecule has 0 spiro atoms. The van der Waals surface area contributed by atoms with Crippen LogP contribution in [-0.4, -0.2) is 94.8 Å². The van der Waals surface area contributed by atoms with E-state index in [0.29, 0.717) is 55.9 Å². The molecule has 3 aromatic heterocycles. The van der Waals surface area contributed by atoms with Crippen LogP contribution in [0, 0.1) is 27.3 Å². The van der Waals surface area contributed by atoms with Crippen molar-refractivity contribution in [3.8, 4) is 22.6 Å². The van der Waals surface area contributed by atoms with Crippen LogP contribution in [0.15, 0.2) is 101 Å². The molecule has 1 aliphatic heterocycles. The number of thiophene rings is 1. The summed E-state index contributed by atoms with van der Waals surface area (Å²) in [4.78, 5) is 38.4. The van der Waals surface area contributed by atoms with Gasteiger partial charge in [-0.3, -0.25) is 19.8 Å². The average molecular weight is 1030 g/mol. The molecule has 1 saturated heterocycles. The quantitative estimate of drug-likeness (QED) is 0.0454. The van der Waals surface area contributed by atoms with Gasteiger partial charge in [0, 0.05) is 85.5 Å². The Morgan fingerprint density at radius 1 is 1.01 bits per heavy atom. The van der Waals surface area contributed by atoms with Gasteiger partial charge >= 0.3 is 0 Å². The molecule has 5 N–H and O–H groups in total. The van der Waals surface area contributed by atoms with Crippen LogP contribution in [0.1, 0.15) is 100 Å². The van der Waals surface area contributed by atoms with Crippen molar-refractivity contribution in [3.63, 3.8) is 0 Å². The fourth-order valence-electron chi connectivity index (χ4n) is 10.3. The number of pyridine rings is 1. The van der Waals surface area contributed by atoms with Crippen LogP contribution >= 0.6 is 11.3 Å². The van der Waals surface area contributed by atoms with E-state index in [1.165, 1.54) is 41.6 Å². The summed E-state index contributed by atoms with van der Waals surface area (Å²) >= 11 is 1.65. The highest BCUT2D eigenvalue weighted by molar-refractivity contribution is 7.90. The lowest BCUT2D eigenvalue weighted by atomic mass is 9.73. The number of nitrogens with one attached hydrogen (secondary N) is 3. The molecule has 15 nitrogen and oxygen atoms in total. The van der Waals surface area contributed by atoms with E-state index in [-0.39, 0.29) is 34.2 Å². The zero-order valence-corrected chi connectivity index (χ0v) is 43.6. The summed E-state index contributed by atoms with van der Waals surface area (Å²) in [5.74, 6) is -0.675. The van der Waals surface area contributed by atoms with Crippen LogP contribution < -0.4 is 19.7 Å². The predicted octanol–water partition coefficient (Wildman–Crippen LogP) is 10.7. The number of allylic oxidation sites excluding steroid dienone is 1. The molecule has 1 amide bonds. The molecule has 18 heteroatoms. The molecule has 0 atom stereocenters. The second-order valence-corrected chi connectivity index (χ2v) is 24.3. The average Bonchev–Trinajstić information content (AvgIpc) is 4.02. The third-order valence-corrected chi connectivity index (χ3v) is 16.8. The Morgan fingerprint density at radius 2 is 1.78 bits per heavy atom. The van der Waals surface area contributed by atoms with Crippen molar-refractivity contribution in [1.82, 2.24) is 19.6 Å². The van der Waals surface area contributed by atoms with Gasteiger partial charge in [0.2, 0.25) is 0 Å². The Bertz CT molecular complexity index is 3180. The maximum atomic E-state index is 15.5. The van der Waals surface area contributed by atoms with Crippen LogP contribution in [0.3, 0.4) is 0 Å². The predicted molar refractivity (Wildman–Crippen MR) is 284 cm³/mol. The SMILES string of the molecule is CC(C)(O)Cc1ccc(-c2csc(C3=C(CN4CCN(c5ccc(C(=O)NS(=O)(=O)c6ccc(NCC7CCC(C)(O)CC7)c([N+](=O)[O-])c6)c(Oc6cnc7[nH]ccc7c6)c5)CC4)CCC(C)(C)C3)c2)c(F)c1. The third kappa shape index (κ3) is 12.4. The smallest absolute Gasteiger partial charge is 0.293 e. The second-order valence-electron chi connectivity index (χ2n) is 21.8. The van der Waals surface area contributed by atoms with Crippen LogP contribution in [-0.2, 0) is 16.4 Å². The number of nitrogens with zero attached hydrogens (tertiary/aromatic N) is 4. The Kier molecular flexibility index (Phi) is 14.6. The largest absolute Gasteiger partial charge is 0.455 e. The Balaban J connectivity index is 0.908. The number of aromatic amines is 1. The maximum absolute atomic E-state index is 15.5. The van der Waals surface area contributed by atoms with Crippen molar-refractivity contribution in [2.75, 3.05) is 49.5 Å². The molecule has 386 valence electrons. The van der Waals surface area contributed by atoms with E-state index < -0.39 is 42.6 Å². The van der Waals surface area contributed by atoms with Gasteiger partial charge in [-0.05, 0) is 148 Å². The Labute approximate surface area is 429 Å². The molecular weight excluding hydrogens is 970 g/mol. The van der Waals surface area contributed by atoms with Gasteiger partial charge in [-0.2, -0.15) is 0 Å². The topological polar surface area (TPSA) is 203 Å². The van der Waals surface area contributed by atoms with E-state index in [9.17, 15) is 33.5 Å². The van der Waals surface area contributed by atoms with Gasteiger partial charge in [-0.15, -0.1) is 11.3 Å². The summed E-state index contributed by atoms with van der Waals surface area (Å²) in [6.45, 7) is 13.9. The van der Waals surface area contributed by atoms with Crippen LogP contribution in [0.5, 0.6) is 11.5 Å². The lowest BCUT2D eigenvalue weighted by Crippen LogP contribution is -2.47. The number of halogens is 1. The Morgan fingerprint density at radius 3 is 2.51 bits per heavy atom. The number of carbonyl (C=O) groups excluding carboxylic acids is 1. The number of aliphatic hydroxyl groups is 2. The van der Waals surface area contributed by atoms with Crippen molar-refractivity contribution >= 4 is 60.9 Å². The number of anilines is 2. The van der Waals surface area contributed by atoms with E-state index in [0.717, 1.165) is 84.9 Å². The van der Waals surface area contributed by atoms with Crippen molar-refractivity contribution < 1.29 is 37.5 Å². The number of nitro benzene ring substituents is 1. The van der Waals surface area contributed by atoms with Crippen LogP contribution in [0.2, 0.25) is 0 Å². The standard InChI is InChI=1S/C55H64FN7O8S2/c1-53(2)16-14-38(45(30-53)50-26-39(34-72-50)43-9-6-36(24-46(43)56)29-54(3,4)65)33-61-20-22-62(23-21-61)40-7-10-44(49(27-40)71-41-25-37-15-19-57-51(37)59-32-41)52(64)60-73(69,70)42-8-11-47(48(28-42)63(67)68)58-31-35-12-17-55(5,66)18-13-35/h6-11,15,19,24-28,32,34-35,58,65-66H,12-14,16-18,20-23,29-31,33H2,1-5H3,(H,57,59)(H,60,64). The number of benzene rings is 3. The fraction of sp³-hybridized carbons (Fsp3) is 0.418. The van der Waals surface area contributed by atoms with Crippen molar-refractivity contribution in [3.05, 3.63) is 128 Å².